The van der Waals surface area contributed by atoms with E-state index in [1.54, 1.807) is 12.1 Å². The minimum atomic E-state index is -4.76. The summed E-state index contributed by atoms with van der Waals surface area (Å²) >= 11 is 0. The first-order valence-corrected chi connectivity index (χ1v) is 10.8. The van der Waals surface area contributed by atoms with Crippen LogP contribution < -0.4 is 10.1 Å². The van der Waals surface area contributed by atoms with Crippen LogP contribution in [0.25, 0.3) is 0 Å². The van der Waals surface area contributed by atoms with Crippen molar-refractivity contribution in [2.24, 2.45) is 0 Å². The van der Waals surface area contributed by atoms with Gasteiger partial charge >= 0.3 is 6.18 Å². The maximum atomic E-state index is 13.6. The number of halogens is 4. The normalized spacial score (nSPS) is 11.5. The largest absolute Gasteiger partial charge is 0.487 e. The number of anilines is 1. The Kier molecular flexibility index (Phi) is 7.53. The molecule has 37 heavy (non-hydrogen) atoms. The summed E-state index contributed by atoms with van der Waals surface area (Å²) < 4.78 is 58.8. The Bertz CT molecular complexity index is 1410. The first kappa shape index (κ1) is 27.1. The Hall–Kier alpha value is -4.46. The molecular formula is C26H21F4N3O4. The van der Waals surface area contributed by atoms with Gasteiger partial charge in [0.15, 0.2) is 0 Å². The number of hydrogen-bond acceptors (Lipinski definition) is 5. The molecule has 3 rings (SSSR count). The van der Waals surface area contributed by atoms with Crippen molar-refractivity contribution in [1.82, 2.24) is 0 Å². The van der Waals surface area contributed by atoms with E-state index in [9.17, 15) is 37.7 Å². The van der Waals surface area contributed by atoms with E-state index >= 15 is 0 Å². The van der Waals surface area contributed by atoms with Gasteiger partial charge < -0.3 is 10.1 Å². The van der Waals surface area contributed by atoms with Gasteiger partial charge in [-0.3, -0.25) is 14.9 Å². The number of carbonyl (C=O) groups excluding carboxylic acids is 1. The number of rotatable bonds is 6. The van der Waals surface area contributed by atoms with Gasteiger partial charge in [0.1, 0.15) is 29.9 Å². The van der Waals surface area contributed by atoms with Crippen molar-refractivity contribution in [2.75, 3.05) is 5.32 Å². The van der Waals surface area contributed by atoms with Crippen LogP contribution in [-0.4, -0.2) is 10.8 Å². The van der Waals surface area contributed by atoms with Gasteiger partial charge in [-0.25, -0.2) is 4.39 Å². The predicted octanol–water partition coefficient (Wildman–Crippen LogP) is 6.75. The highest BCUT2D eigenvalue weighted by Crippen LogP contribution is 2.34. The number of nitro benzene ring substituents is 1. The van der Waals surface area contributed by atoms with Gasteiger partial charge in [0.05, 0.1) is 16.1 Å². The molecule has 11 heteroatoms. The lowest BCUT2D eigenvalue weighted by Gasteiger charge is -2.19. The molecule has 3 aromatic rings. The number of hydrogen-bond donors (Lipinski definition) is 1. The first-order valence-electron chi connectivity index (χ1n) is 10.8. The standard InChI is InChI=1S/C26H21F4N3O4/c1-25(2,3)18-6-9-21(22(12-18)33(35)36)32-24(34)15-4-5-16(13-31)23(11-15)37-14-17-10-19(27)7-8-20(17)26(28,29)30/h4-12H,14H2,1-3H3,(H,32,34). The summed E-state index contributed by atoms with van der Waals surface area (Å²) in [5.41, 5.74) is -1.84. The van der Waals surface area contributed by atoms with Crippen LogP contribution in [0.3, 0.4) is 0 Å². The maximum absolute atomic E-state index is 13.6. The zero-order valence-electron chi connectivity index (χ0n) is 19.9. The summed E-state index contributed by atoms with van der Waals surface area (Å²) in [6, 6.07) is 11.7. The van der Waals surface area contributed by atoms with E-state index in [-0.39, 0.29) is 33.7 Å². The number of nitriles is 1. The number of nitrogens with one attached hydrogen (secondary N) is 1. The van der Waals surface area contributed by atoms with Gasteiger partial charge in [-0.05, 0) is 53.4 Å². The fourth-order valence-electron chi connectivity index (χ4n) is 3.44. The lowest BCUT2D eigenvalue weighted by atomic mass is 9.86. The number of carbonyl (C=O) groups is 1. The van der Waals surface area contributed by atoms with Gasteiger partial charge in [-0.15, -0.1) is 0 Å². The second-order valence-corrected chi connectivity index (χ2v) is 9.10. The summed E-state index contributed by atoms with van der Waals surface area (Å²) in [7, 11) is 0. The molecule has 0 aromatic heterocycles. The summed E-state index contributed by atoms with van der Waals surface area (Å²) in [6.45, 7) is 4.91. The van der Waals surface area contributed by atoms with Crippen LogP contribution in [-0.2, 0) is 18.2 Å². The first-order chi connectivity index (χ1) is 17.2. The molecular weight excluding hydrogens is 494 g/mol. The molecule has 1 N–H and O–H groups in total. The molecule has 0 aliphatic carbocycles. The third-order valence-electron chi connectivity index (χ3n) is 5.43. The quantitative estimate of drug-likeness (QED) is 0.222. The summed E-state index contributed by atoms with van der Waals surface area (Å²) in [6.07, 6.45) is -4.76. The second-order valence-electron chi connectivity index (χ2n) is 9.10. The van der Waals surface area contributed by atoms with Crippen LogP contribution in [0.4, 0.5) is 28.9 Å². The third-order valence-corrected chi connectivity index (χ3v) is 5.43. The van der Waals surface area contributed by atoms with Crippen LogP contribution in [0.5, 0.6) is 5.75 Å². The highest BCUT2D eigenvalue weighted by molar-refractivity contribution is 6.05. The average molecular weight is 515 g/mol. The molecule has 0 aliphatic heterocycles. The highest BCUT2D eigenvalue weighted by Gasteiger charge is 2.33. The van der Waals surface area contributed by atoms with E-state index in [0.29, 0.717) is 23.8 Å². The van der Waals surface area contributed by atoms with Crippen molar-refractivity contribution < 1.29 is 32.0 Å². The fourth-order valence-corrected chi connectivity index (χ4v) is 3.44. The van der Waals surface area contributed by atoms with Gasteiger partial charge in [-0.2, -0.15) is 18.4 Å². The Labute approximate surface area is 209 Å². The van der Waals surface area contributed by atoms with Crippen molar-refractivity contribution in [3.05, 3.63) is 98.3 Å². The van der Waals surface area contributed by atoms with E-state index in [0.717, 1.165) is 6.07 Å². The summed E-state index contributed by atoms with van der Waals surface area (Å²) in [5, 5.41) is 23.4. The lowest BCUT2D eigenvalue weighted by molar-refractivity contribution is -0.384. The molecule has 7 nitrogen and oxygen atoms in total. The minimum Gasteiger partial charge on any atom is -0.487 e. The Morgan fingerprint density at radius 1 is 1.08 bits per heavy atom. The predicted molar refractivity (Wildman–Crippen MR) is 127 cm³/mol. The van der Waals surface area contributed by atoms with Crippen molar-refractivity contribution in [3.8, 4) is 11.8 Å². The molecule has 192 valence electrons. The molecule has 0 atom stereocenters. The fraction of sp³-hybridized carbons (Fsp3) is 0.231. The SMILES string of the molecule is CC(C)(C)c1ccc(NC(=O)c2ccc(C#N)c(OCc3cc(F)ccc3C(F)(F)F)c2)c([N+](=O)[O-])c1. The molecule has 0 unspecified atom stereocenters. The number of amides is 1. The molecule has 0 saturated carbocycles. The van der Waals surface area contributed by atoms with Crippen LogP contribution in [0.1, 0.15) is 53.4 Å². The molecule has 3 aromatic carbocycles. The average Bonchev–Trinajstić information content (AvgIpc) is 2.81. The monoisotopic (exact) mass is 515 g/mol. The van der Waals surface area contributed by atoms with E-state index < -0.39 is 40.6 Å². The van der Waals surface area contributed by atoms with E-state index in [2.05, 4.69) is 5.32 Å². The lowest BCUT2D eigenvalue weighted by Crippen LogP contribution is -2.16. The van der Waals surface area contributed by atoms with E-state index in [4.69, 9.17) is 4.74 Å². The van der Waals surface area contributed by atoms with Gasteiger partial charge in [0, 0.05) is 17.2 Å². The van der Waals surface area contributed by atoms with Crippen molar-refractivity contribution in [1.29, 1.82) is 5.26 Å². The van der Waals surface area contributed by atoms with Gasteiger partial charge in [-0.1, -0.05) is 26.8 Å². The number of benzene rings is 3. The zero-order valence-corrected chi connectivity index (χ0v) is 19.9. The van der Waals surface area contributed by atoms with Gasteiger partial charge in [0.2, 0.25) is 0 Å². The molecule has 1 amide bonds. The summed E-state index contributed by atoms with van der Waals surface area (Å²) in [4.78, 5) is 23.8. The molecule has 0 bridgehead atoms. The maximum Gasteiger partial charge on any atom is 0.416 e. The molecule has 0 spiro atoms. The second kappa shape index (κ2) is 10.3. The van der Waals surface area contributed by atoms with Gasteiger partial charge in [0.25, 0.3) is 11.6 Å². The minimum absolute atomic E-state index is 0.0654. The third kappa shape index (κ3) is 6.41. The number of alkyl halides is 3. The highest BCUT2D eigenvalue weighted by atomic mass is 19.4. The molecule has 0 heterocycles. The van der Waals surface area contributed by atoms with Crippen molar-refractivity contribution in [3.63, 3.8) is 0 Å². The number of nitro groups is 1. The van der Waals surface area contributed by atoms with Crippen LogP contribution in [0, 0.1) is 27.3 Å². The Morgan fingerprint density at radius 2 is 1.78 bits per heavy atom. The van der Waals surface area contributed by atoms with Crippen LogP contribution >= 0.6 is 0 Å². The molecule has 0 fully saturated rings. The zero-order chi connectivity index (χ0) is 27.5. The summed E-state index contributed by atoms with van der Waals surface area (Å²) in [5.74, 6) is -1.90. The van der Waals surface area contributed by atoms with Crippen molar-refractivity contribution >= 4 is 17.3 Å². The van der Waals surface area contributed by atoms with E-state index in [1.165, 1.54) is 24.3 Å². The Balaban J connectivity index is 1.89. The smallest absolute Gasteiger partial charge is 0.416 e. The van der Waals surface area contributed by atoms with Crippen LogP contribution in [0.2, 0.25) is 0 Å². The molecule has 0 aliphatic rings. The number of nitrogens with zero attached hydrogens (tertiary/aromatic N) is 2. The molecule has 0 radical (unpaired) electrons. The number of ether oxygens (including phenoxy) is 1. The Morgan fingerprint density at radius 3 is 2.38 bits per heavy atom. The van der Waals surface area contributed by atoms with Crippen molar-refractivity contribution in [2.45, 2.75) is 39.0 Å². The van der Waals surface area contributed by atoms with E-state index in [1.807, 2.05) is 20.8 Å². The topological polar surface area (TPSA) is 105 Å². The molecule has 0 saturated heterocycles. The van der Waals surface area contributed by atoms with Crippen LogP contribution in [0.15, 0.2) is 54.6 Å².